The number of nitrogens with one attached hydrogen (secondary N) is 1. The molecule has 0 aromatic carbocycles. The van der Waals surface area contributed by atoms with Crippen LogP contribution in [0.4, 0.5) is 0 Å². The summed E-state index contributed by atoms with van der Waals surface area (Å²) < 4.78 is 0. The molecule has 1 saturated heterocycles. The lowest BCUT2D eigenvalue weighted by atomic mass is 9.76. The Morgan fingerprint density at radius 3 is 2.91 bits per heavy atom. The van der Waals surface area contributed by atoms with E-state index in [0.717, 1.165) is 16.7 Å². The fourth-order valence-corrected chi connectivity index (χ4v) is 3.21. The molecule has 2 rings (SSSR count). The summed E-state index contributed by atoms with van der Waals surface area (Å²) in [5.74, 6) is 2.02. The van der Waals surface area contributed by atoms with Gasteiger partial charge in [-0.1, -0.05) is 15.9 Å². The molecule has 1 nitrogen and oxygen atoms in total. The molecule has 1 saturated carbocycles. The van der Waals surface area contributed by atoms with Crippen LogP contribution < -0.4 is 5.32 Å². The first-order valence-corrected chi connectivity index (χ1v) is 5.62. The van der Waals surface area contributed by atoms with Gasteiger partial charge in [-0.25, -0.2) is 0 Å². The summed E-state index contributed by atoms with van der Waals surface area (Å²) in [7, 11) is 0. The zero-order valence-electron chi connectivity index (χ0n) is 6.85. The third kappa shape index (κ3) is 1.78. The van der Waals surface area contributed by atoms with Crippen LogP contribution in [0.3, 0.4) is 0 Å². The zero-order chi connectivity index (χ0) is 7.68. The van der Waals surface area contributed by atoms with Crippen molar-refractivity contribution in [1.82, 2.24) is 5.32 Å². The number of rotatable bonds is 0. The molecule has 2 fully saturated rings. The summed E-state index contributed by atoms with van der Waals surface area (Å²) in [6.45, 7) is 2.53. The second-order valence-corrected chi connectivity index (χ2v) is 5.22. The van der Waals surface area contributed by atoms with Gasteiger partial charge in [0.05, 0.1) is 0 Å². The molecule has 0 spiro atoms. The molecular weight excluding hydrogens is 202 g/mol. The van der Waals surface area contributed by atoms with E-state index >= 15 is 0 Å². The quantitative estimate of drug-likeness (QED) is 0.614. The molecule has 1 N–H and O–H groups in total. The average Bonchev–Trinajstić information content (AvgIpc) is 2.04. The number of halogens is 1. The van der Waals surface area contributed by atoms with Crippen molar-refractivity contribution in [3.05, 3.63) is 0 Å². The van der Waals surface area contributed by atoms with Crippen molar-refractivity contribution in [2.45, 2.75) is 30.5 Å². The van der Waals surface area contributed by atoms with E-state index in [1.54, 1.807) is 0 Å². The fourth-order valence-electron chi connectivity index (χ4n) is 2.47. The van der Waals surface area contributed by atoms with Crippen LogP contribution in [-0.4, -0.2) is 17.9 Å². The monoisotopic (exact) mass is 217 g/mol. The van der Waals surface area contributed by atoms with Gasteiger partial charge in [-0.15, -0.1) is 0 Å². The van der Waals surface area contributed by atoms with E-state index in [1.165, 1.54) is 38.8 Å². The summed E-state index contributed by atoms with van der Waals surface area (Å²) >= 11 is 3.73. The van der Waals surface area contributed by atoms with Crippen LogP contribution in [0.5, 0.6) is 0 Å². The predicted octanol–water partition coefficient (Wildman–Crippen LogP) is 2.16. The minimum absolute atomic E-state index is 0.821. The maximum Gasteiger partial charge on any atom is 0.0148 e. The molecule has 11 heavy (non-hydrogen) atoms. The Labute approximate surface area is 77.1 Å². The first kappa shape index (κ1) is 8.06. The molecule has 0 aromatic heterocycles. The zero-order valence-corrected chi connectivity index (χ0v) is 8.44. The number of hydrogen-bond acceptors (Lipinski definition) is 1. The normalized spacial score (nSPS) is 45.0. The van der Waals surface area contributed by atoms with Gasteiger partial charge >= 0.3 is 0 Å². The van der Waals surface area contributed by atoms with Crippen LogP contribution >= 0.6 is 15.9 Å². The lowest BCUT2D eigenvalue weighted by molar-refractivity contribution is 0.191. The van der Waals surface area contributed by atoms with Crippen molar-refractivity contribution in [3.63, 3.8) is 0 Å². The molecule has 0 amide bonds. The molecule has 1 aliphatic carbocycles. The van der Waals surface area contributed by atoms with Gasteiger partial charge < -0.3 is 5.32 Å². The van der Waals surface area contributed by atoms with Gasteiger partial charge in [0.15, 0.2) is 0 Å². The van der Waals surface area contributed by atoms with Crippen LogP contribution in [0, 0.1) is 11.8 Å². The van der Waals surface area contributed by atoms with Gasteiger partial charge in [-0.3, -0.25) is 0 Å². The van der Waals surface area contributed by atoms with Crippen LogP contribution in [0.2, 0.25) is 0 Å². The van der Waals surface area contributed by atoms with Gasteiger partial charge in [0, 0.05) is 4.83 Å². The Bertz CT molecular complexity index is 138. The molecule has 1 heterocycles. The highest BCUT2D eigenvalue weighted by molar-refractivity contribution is 9.09. The van der Waals surface area contributed by atoms with Crippen LogP contribution in [0.1, 0.15) is 25.7 Å². The molecular formula is C9H16BrN. The summed E-state index contributed by atoms with van der Waals surface area (Å²) in [5.41, 5.74) is 0. The molecule has 1 aliphatic heterocycles. The van der Waals surface area contributed by atoms with Crippen LogP contribution in [-0.2, 0) is 0 Å². The molecule has 0 radical (unpaired) electrons. The van der Waals surface area contributed by atoms with Gasteiger partial charge in [0.25, 0.3) is 0 Å². The third-order valence-electron chi connectivity index (χ3n) is 3.17. The predicted molar refractivity (Wildman–Crippen MR) is 51.0 cm³/mol. The summed E-state index contributed by atoms with van der Waals surface area (Å²) in [5, 5.41) is 3.48. The van der Waals surface area contributed by atoms with Gasteiger partial charge in [-0.2, -0.15) is 0 Å². The van der Waals surface area contributed by atoms with Crippen LogP contribution in [0.15, 0.2) is 0 Å². The van der Waals surface area contributed by atoms with Crippen molar-refractivity contribution >= 4 is 15.9 Å². The summed E-state index contributed by atoms with van der Waals surface area (Å²) in [4.78, 5) is 0.821. The Morgan fingerprint density at radius 2 is 2.00 bits per heavy atom. The van der Waals surface area contributed by atoms with E-state index in [4.69, 9.17) is 0 Å². The smallest absolute Gasteiger partial charge is 0.0148 e. The molecule has 64 valence electrons. The van der Waals surface area contributed by atoms with Crippen LogP contribution in [0.25, 0.3) is 0 Å². The van der Waals surface area contributed by atoms with Gasteiger partial charge in [0.2, 0.25) is 0 Å². The van der Waals surface area contributed by atoms with E-state index in [9.17, 15) is 0 Å². The highest BCUT2D eigenvalue weighted by Crippen LogP contribution is 2.36. The number of piperidine rings is 1. The fraction of sp³-hybridized carbons (Fsp3) is 1.00. The number of fused-ring (bicyclic) bond motifs is 1. The van der Waals surface area contributed by atoms with Crippen molar-refractivity contribution < 1.29 is 0 Å². The van der Waals surface area contributed by atoms with E-state index in [-0.39, 0.29) is 0 Å². The Kier molecular flexibility index (Phi) is 2.52. The van der Waals surface area contributed by atoms with E-state index in [1.807, 2.05) is 0 Å². The average molecular weight is 218 g/mol. The second-order valence-electron chi connectivity index (χ2n) is 3.92. The maximum absolute atomic E-state index is 3.73. The SMILES string of the molecule is Br[C@@H]1CC[C@H]2CNCC[C@@H]2C1. The van der Waals surface area contributed by atoms with Crippen molar-refractivity contribution in [1.29, 1.82) is 0 Å². The first-order valence-electron chi connectivity index (χ1n) is 4.71. The first-order chi connectivity index (χ1) is 5.36. The minimum atomic E-state index is 0.821. The highest BCUT2D eigenvalue weighted by atomic mass is 79.9. The lowest BCUT2D eigenvalue weighted by Gasteiger charge is -2.37. The summed E-state index contributed by atoms with van der Waals surface area (Å²) in [6, 6.07) is 0. The number of hydrogen-bond donors (Lipinski definition) is 1. The van der Waals surface area contributed by atoms with E-state index in [0.29, 0.717) is 0 Å². The highest BCUT2D eigenvalue weighted by Gasteiger charge is 2.30. The Hall–Kier alpha value is 0.440. The molecule has 0 aromatic rings. The molecule has 2 heteroatoms. The van der Waals surface area contributed by atoms with Crippen molar-refractivity contribution in [2.75, 3.05) is 13.1 Å². The maximum atomic E-state index is 3.73. The van der Waals surface area contributed by atoms with Crippen molar-refractivity contribution in [3.8, 4) is 0 Å². The van der Waals surface area contributed by atoms with Crippen molar-refractivity contribution in [2.24, 2.45) is 11.8 Å². The van der Waals surface area contributed by atoms with E-state index in [2.05, 4.69) is 21.2 Å². The Morgan fingerprint density at radius 1 is 1.09 bits per heavy atom. The second kappa shape index (κ2) is 3.44. The molecule has 0 bridgehead atoms. The number of alkyl halides is 1. The summed E-state index contributed by atoms with van der Waals surface area (Å²) in [6.07, 6.45) is 5.66. The largest absolute Gasteiger partial charge is 0.316 e. The standard InChI is InChI=1S/C9H16BrN/c10-9-2-1-8-6-11-4-3-7(8)5-9/h7-9,11H,1-6H2/t7-,8+,9-/m1/s1. The lowest BCUT2D eigenvalue weighted by Crippen LogP contribution is -2.40. The third-order valence-corrected chi connectivity index (χ3v) is 4.01. The molecule has 3 atom stereocenters. The molecule has 0 unspecified atom stereocenters. The minimum Gasteiger partial charge on any atom is -0.316 e. The molecule has 2 aliphatic rings. The van der Waals surface area contributed by atoms with E-state index < -0.39 is 0 Å². The topological polar surface area (TPSA) is 12.0 Å². The van der Waals surface area contributed by atoms with Gasteiger partial charge in [0.1, 0.15) is 0 Å². The Balaban J connectivity index is 1.93. The van der Waals surface area contributed by atoms with Gasteiger partial charge in [-0.05, 0) is 50.6 Å².